The second-order valence-corrected chi connectivity index (χ2v) is 6.59. The van der Waals surface area contributed by atoms with Gasteiger partial charge in [0.1, 0.15) is 24.1 Å². The number of methoxy groups -OCH3 is 1. The van der Waals surface area contributed by atoms with Gasteiger partial charge in [-0.15, -0.1) is 0 Å². The molecule has 2 aliphatic rings. The second kappa shape index (κ2) is 7.05. The lowest BCUT2D eigenvalue weighted by Crippen LogP contribution is -2.64. The van der Waals surface area contributed by atoms with Gasteiger partial charge in [0, 0.05) is 25.4 Å². The van der Waals surface area contributed by atoms with Gasteiger partial charge in [-0.25, -0.2) is 0 Å². The highest BCUT2D eigenvalue weighted by Gasteiger charge is 2.60. The summed E-state index contributed by atoms with van der Waals surface area (Å²) in [6, 6.07) is 9.29. The van der Waals surface area contributed by atoms with Crippen LogP contribution in [0.1, 0.15) is 19.3 Å². The lowest BCUT2D eigenvalue weighted by Gasteiger charge is -2.54. The van der Waals surface area contributed by atoms with E-state index in [0.29, 0.717) is 25.0 Å². The predicted octanol–water partition coefficient (Wildman–Crippen LogP) is 1.73. The second-order valence-electron chi connectivity index (χ2n) is 6.59. The van der Waals surface area contributed by atoms with Gasteiger partial charge in [-0.2, -0.15) is 0 Å². The molecule has 0 heterocycles. The molecule has 2 fully saturated rings. The van der Waals surface area contributed by atoms with Crippen molar-refractivity contribution < 1.29 is 24.5 Å². The van der Waals surface area contributed by atoms with E-state index in [1.807, 2.05) is 36.4 Å². The summed E-state index contributed by atoms with van der Waals surface area (Å²) in [5, 5.41) is 20.4. The van der Waals surface area contributed by atoms with E-state index in [-0.39, 0.29) is 24.2 Å². The molecule has 2 aliphatic carbocycles. The lowest BCUT2D eigenvalue weighted by molar-refractivity contribution is -0.191. The molecule has 0 saturated heterocycles. The number of ketones is 1. The van der Waals surface area contributed by atoms with Crippen LogP contribution in [-0.4, -0.2) is 47.5 Å². The molecule has 2 N–H and O–H groups in total. The highest BCUT2D eigenvalue weighted by atomic mass is 16.5. The molecule has 0 radical (unpaired) electrons. The summed E-state index contributed by atoms with van der Waals surface area (Å²) in [4.78, 5) is 12.0. The number of para-hydroxylation sites is 1. The summed E-state index contributed by atoms with van der Waals surface area (Å²) < 4.78 is 11.0. The summed E-state index contributed by atoms with van der Waals surface area (Å²) in [5.74, 6) is 0.624. The largest absolute Gasteiger partial charge is 0.491 e. The van der Waals surface area contributed by atoms with Crippen LogP contribution in [-0.2, 0) is 9.53 Å². The molecule has 0 amide bonds. The molecule has 130 valence electrons. The highest BCUT2D eigenvalue weighted by molar-refractivity contribution is 5.94. The van der Waals surface area contributed by atoms with E-state index >= 15 is 0 Å². The van der Waals surface area contributed by atoms with Crippen molar-refractivity contribution in [2.75, 3.05) is 13.7 Å². The average molecular weight is 332 g/mol. The molecule has 5 atom stereocenters. The van der Waals surface area contributed by atoms with Crippen LogP contribution in [0.4, 0.5) is 0 Å². The van der Waals surface area contributed by atoms with Crippen molar-refractivity contribution >= 4 is 5.78 Å². The van der Waals surface area contributed by atoms with Gasteiger partial charge in [0.15, 0.2) is 5.78 Å². The molecular formula is C19H24O5. The van der Waals surface area contributed by atoms with Gasteiger partial charge in [-0.3, -0.25) is 4.79 Å². The fraction of sp³-hybridized carbons (Fsp3) is 0.526. The Balaban J connectivity index is 1.59. The van der Waals surface area contributed by atoms with Gasteiger partial charge < -0.3 is 19.7 Å². The molecular weight excluding hydrogens is 308 g/mol. The number of benzene rings is 1. The van der Waals surface area contributed by atoms with Gasteiger partial charge >= 0.3 is 0 Å². The van der Waals surface area contributed by atoms with E-state index < -0.39 is 17.8 Å². The third-order valence-electron chi connectivity index (χ3n) is 5.28. The number of hydrogen-bond donors (Lipinski definition) is 2. The van der Waals surface area contributed by atoms with Gasteiger partial charge in [0.25, 0.3) is 0 Å². The van der Waals surface area contributed by atoms with Crippen LogP contribution in [0.5, 0.6) is 5.75 Å². The van der Waals surface area contributed by atoms with Crippen LogP contribution in [0, 0.1) is 11.8 Å². The number of Topliss-reactive ketones (excluding diaryl/α,β-unsaturated/α-hetero) is 1. The molecule has 5 nitrogen and oxygen atoms in total. The maximum atomic E-state index is 12.0. The Hall–Kier alpha value is -1.69. The molecule has 3 rings (SSSR count). The first-order valence-electron chi connectivity index (χ1n) is 8.37. The molecule has 0 bridgehead atoms. The number of hydrogen-bond acceptors (Lipinski definition) is 5. The van der Waals surface area contributed by atoms with Crippen LogP contribution in [0.15, 0.2) is 42.5 Å². The predicted molar refractivity (Wildman–Crippen MR) is 88.7 cm³/mol. The minimum Gasteiger partial charge on any atom is -0.491 e. The maximum absolute atomic E-state index is 12.0. The molecule has 24 heavy (non-hydrogen) atoms. The SMILES string of the molecule is CO[C@@]12CC[C@H](O)[C@@H](/C=C/[C@H](O)COc3ccccc3)[C@@H]1CC2=O. The number of fused-ring (bicyclic) bond motifs is 1. The van der Waals surface area contributed by atoms with Crippen molar-refractivity contribution in [1.29, 1.82) is 0 Å². The molecule has 1 aromatic carbocycles. The molecule has 2 saturated carbocycles. The van der Waals surface area contributed by atoms with Crippen molar-refractivity contribution in [3.8, 4) is 5.75 Å². The molecule has 0 aliphatic heterocycles. The van der Waals surface area contributed by atoms with Crippen LogP contribution in [0.3, 0.4) is 0 Å². The van der Waals surface area contributed by atoms with Crippen molar-refractivity contribution in [3.05, 3.63) is 42.5 Å². The number of ether oxygens (including phenoxy) is 2. The Kier molecular flexibility index (Phi) is 5.04. The zero-order valence-electron chi connectivity index (χ0n) is 13.8. The topological polar surface area (TPSA) is 76.0 Å². The summed E-state index contributed by atoms with van der Waals surface area (Å²) in [6.45, 7) is 0.141. The van der Waals surface area contributed by atoms with Gasteiger partial charge in [-0.05, 0) is 25.0 Å². The number of carbonyl (C=O) groups is 1. The summed E-state index contributed by atoms with van der Waals surface area (Å²) in [6.07, 6.45) is 3.70. The Labute approximate surface area is 141 Å². The fourth-order valence-electron chi connectivity index (χ4n) is 3.85. The van der Waals surface area contributed by atoms with Crippen molar-refractivity contribution in [1.82, 2.24) is 0 Å². The fourth-order valence-corrected chi connectivity index (χ4v) is 3.85. The molecule has 5 heteroatoms. The number of aliphatic hydroxyl groups is 2. The molecule has 0 aromatic heterocycles. The number of carbonyl (C=O) groups excluding carboxylic acids is 1. The summed E-state index contributed by atoms with van der Waals surface area (Å²) in [5.41, 5.74) is -0.736. The standard InChI is InChI=1S/C19H24O5/c1-23-19-10-9-17(21)15(16(19)11-18(19)22)8-7-13(20)12-24-14-5-3-2-4-6-14/h2-8,13,15-17,20-21H,9-12H2,1H3/b8-7+/t13-,15-,16-,17-,19-/m0/s1. The minimum absolute atomic E-state index is 0.0164. The first-order chi connectivity index (χ1) is 11.6. The van der Waals surface area contributed by atoms with Gasteiger partial charge in [0.05, 0.1) is 6.10 Å². The number of rotatable bonds is 6. The van der Waals surface area contributed by atoms with E-state index in [1.54, 1.807) is 13.2 Å². The van der Waals surface area contributed by atoms with Crippen LogP contribution >= 0.6 is 0 Å². The Morgan fingerprint density at radius 2 is 2.12 bits per heavy atom. The zero-order chi connectivity index (χ0) is 17.2. The molecule has 0 spiro atoms. The Bertz CT molecular complexity index is 599. The van der Waals surface area contributed by atoms with E-state index in [1.165, 1.54) is 0 Å². The van der Waals surface area contributed by atoms with E-state index in [2.05, 4.69) is 0 Å². The monoisotopic (exact) mass is 332 g/mol. The molecule has 1 aromatic rings. The number of aliphatic hydroxyl groups excluding tert-OH is 2. The molecule has 0 unspecified atom stereocenters. The first kappa shape index (κ1) is 17.1. The van der Waals surface area contributed by atoms with Crippen LogP contribution in [0.25, 0.3) is 0 Å². The average Bonchev–Trinajstić information content (AvgIpc) is 2.60. The Morgan fingerprint density at radius 3 is 2.79 bits per heavy atom. The Morgan fingerprint density at radius 1 is 1.38 bits per heavy atom. The lowest BCUT2D eigenvalue weighted by atomic mass is 9.55. The van der Waals surface area contributed by atoms with Crippen molar-refractivity contribution in [2.24, 2.45) is 11.8 Å². The highest BCUT2D eigenvalue weighted by Crippen LogP contribution is 2.51. The third kappa shape index (κ3) is 3.11. The summed E-state index contributed by atoms with van der Waals surface area (Å²) >= 11 is 0. The van der Waals surface area contributed by atoms with E-state index in [4.69, 9.17) is 9.47 Å². The van der Waals surface area contributed by atoms with E-state index in [0.717, 1.165) is 0 Å². The quantitative estimate of drug-likeness (QED) is 0.776. The maximum Gasteiger partial charge on any atom is 0.165 e. The normalized spacial score (nSPS) is 33.8. The van der Waals surface area contributed by atoms with E-state index in [9.17, 15) is 15.0 Å². The smallest absolute Gasteiger partial charge is 0.165 e. The third-order valence-corrected chi connectivity index (χ3v) is 5.28. The summed E-state index contributed by atoms with van der Waals surface area (Å²) in [7, 11) is 1.56. The van der Waals surface area contributed by atoms with Gasteiger partial charge in [-0.1, -0.05) is 30.4 Å². The van der Waals surface area contributed by atoms with Crippen molar-refractivity contribution in [2.45, 2.75) is 37.1 Å². The van der Waals surface area contributed by atoms with Gasteiger partial charge in [0.2, 0.25) is 0 Å². The first-order valence-corrected chi connectivity index (χ1v) is 8.37. The van der Waals surface area contributed by atoms with Crippen LogP contribution < -0.4 is 4.74 Å². The minimum atomic E-state index is -0.771. The van der Waals surface area contributed by atoms with Crippen molar-refractivity contribution in [3.63, 3.8) is 0 Å². The zero-order valence-corrected chi connectivity index (χ0v) is 13.8. The van der Waals surface area contributed by atoms with Crippen LogP contribution in [0.2, 0.25) is 0 Å².